The number of carbonyl (C=O) groups excluding carboxylic acids is 2. The van der Waals surface area contributed by atoms with Gasteiger partial charge in [-0.1, -0.05) is 0 Å². The van der Waals surface area contributed by atoms with Crippen molar-refractivity contribution in [2.45, 2.75) is 24.8 Å². The van der Waals surface area contributed by atoms with Crippen molar-refractivity contribution in [2.24, 2.45) is 5.92 Å². The number of ether oxygens (including phenoxy) is 2. The molecule has 1 saturated heterocycles. The number of thiol groups is 1. The highest BCUT2D eigenvalue weighted by Gasteiger charge is 2.26. The quantitative estimate of drug-likeness (QED) is 0.371. The van der Waals surface area contributed by atoms with Gasteiger partial charge in [-0.2, -0.15) is 12.6 Å². The topological polar surface area (TPSA) is 120 Å². The number of nitro groups is 1. The van der Waals surface area contributed by atoms with Gasteiger partial charge in [-0.05, 0) is 24.6 Å². The van der Waals surface area contributed by atoms with Crippen LogP contribution in [-0.2, 0) is 20.9 Å². The molecule has 0 aliphatic carbocycles. The summed E-state index contributed by atoms with van der Waals surface area (Å²) in [6, 6.07) is 4.89. The molecule has 0 radical (unpaired) electrons. The van der Waals surface area contributed by atoms with Crippen LogP contribution < -0.4 is 10.6 Å². The fraction of sp³-hybridized carbons (Fsp3) is 0.500. The van der Waals surface area contributed by atoms with Crippen molar-refractivity contribution in [2.75, 3.05) is 19.8 Å². The van der Waals surface area contributed by atoms with Crippen molar-refractivity contribution in [3.05, 3.63) is 39.9 Å². The summed E-state index contributed by atoms with van der Waals surface area (Å²) in [6.07, 6.45) is -0.748. The van der Waals surface area contributed by atoms with E-state index >= 15 is 0 Å². The number of nitro benzene ring substituents is 1. The molecule has 142 valence electrons. The third-order valence-electron chi connectivity index (χ3n) is 3.95. The van der Waals surface area contributed by atoms with Gasteiger partial charge < -0.3 is 20.1 Å². The van der Waals surface area contributed by atoms with Crippen LogP contribution in [0.5, 0.6) is 0 Å². The number of hydrogen-bond acceptors (Lipinski definition) is 7. The van der Waals surface area contributed by atoms with Crippen molar-refractivity contribution in [1.29, 1.82) is 0 Å². The second kappa shape index (κ2) is 9.39. The molecule has 2 amide bonds. The zero-order chi connectivity index (χ0) is 19.1. The van der Waals surface area contributed by atoms with E-state index < -0.39 is 17.1 Å². The maximum Gasteiger partial charge on any atom is 0.408 e. The minimum absolute atomic E-state index is 0.0420. The molecular weight excluding hydrogens is 362 g/mol. The van der Waals surface area contributed by atoms with Gasteiger partial charge in [0.05, 0.1) is 18.1 Å². The third-order valence-corrected chi connectivity index (χ3v) is 4.52. The lowest BCUT2D eigenvalue weighted by Crippen LogP contribution is -2.46. The van der Waals surface area contributed by atoms with Crippen molar-refractivity contribution in [3.8, 4) is 0 Å². The predicted molar refractivity (Wildman–Crippen MR) is 96.0 cm³/mol. The van der Waals surface area contributed by atoms with E-state index in [2.05, 4.69) is 23.3 Å². The summed E-state index contributed by atoms with van der Waals surface area (Å²) in [7, 11) is 0. The third kappa shape index (κ3) is 5.88. The molecule has 1 fully saturated rings. The molecule has 0 aromatic heterocycles. The largest absolute Gasteiger partial charge is 0.445 e. The first-order chi connectivity index (χ1) is 12.4. The van der Waals surface area contributed by atoms with Crippen LogP contribution in [0.4, 0.5) is 10.5 Å². The monoisotopic (exact) mass is 383 g/mol. The maximum atomic E-state index is 12.0. The Bertz CT molecular complexity index is 654. The molecule has 1 unspecified atom stereocenters. The van der Waals surface area contributed by atoms with E-state index in [-0.39, 0.29) is 29.4 Å². The number of nitrogens with one attached hydrogen (secondary N) is 2. The summed E-state index contributed by atoms with van der Waals surface area (Å²) in [6.45, 7) is 3.03. The molecule has 2 N–H and O–H groups in total. The molecular formula is C16H21N3O6S. The zero-order valence-electron chi connectivity index (χ0n) is 14.2. The number of non-ortho nitro benzene ring substituents is 1. The second-order valence-electron chi connectivity index (χ2n) is 5.98. The van der Waals surface area contributed by atoms with Crippen molar-refractivity contribution < 1.29 is 24.0 Å². The van der Waals surface area contributed by atoms with Gasteiger partial charge >= 0.3 is 6.09 Å². The van der Waals surface area contributed by atoms with Gasteiger partial charge in [0.15, 0.2) is 0 Å². The molecule has 0 saturated carbocycles. The molecule has 9 nitrogen and oxygen atoms in total. The number of hydrogen-bond donors (Lipinski definition) is 3. The Labute approximate surface area is 156 Å². The fourth-order valence-corrected chi connectivity index (χ4v) is 2.61. The summed E-state index contributed by atoms with van der Waals surface area (Å²) in [4.78, 5) is 33.8. The molecule has 26 heavy (non-hydrogen) atoms. The number of alkyl carbamates (subject to hydrolysis) is 1. The highest BCUT2D eigenvalue weighted by Crippen LogP contribution is 2.17. The molecule has 1 aromatic rings. The van der Waals surface area contributed by atoms with Crippen molar-refractivity contribution >= 4 is 30.3 Å². The van der Waals surface area contributed by atoms with Gasteiger partial charge in [0.2, 0.25) is 5.91 Å². The normalized spacial score (nSPS) is 20.2. The lowest BCUT2D eigenvalue weighted by Gasteiger charge is -2.17. The van der Waals surface area contributed by atoms with E-state index in [1.54, 1.807) is 6.92 Å². The average Bonchev–Trinajstić information content (AvgIpc) is 3.03. The molecule has 1 aliphatic rings. The van der Waals surface area contributed by atoms with Gasteiger partial charge in [0.1, 0.15) is 12.6 Å². The first-order valence-electron chi connectivity index (χ1n) is 8.07. The number of rotatable bonds is 7. The molecule has 1 aromatic carbocycles. The molecule has 0 bridgehead atoms. The van der Waals surface area contributed by atoms with Crippen LogP contribution in [-0.4, -0.2) is 48.0 Å². The summed E-state index contributed by atoms with van der Waals surface area (Å²) in [5.41, 5.74) is 0.559. The van der Waals surface area contributed by atoms with Gasteiger partial charge in [-0.25, -0.2) is 4.79 Å². The zero-order valence-corrected chi connectivity index (χ0v) is 15.1. The van der Waals surface area contributed by atoms with Crippen molar-refractivity contribution in [3.63, 3.8) is 0 Å². The first-order valence-corrected chi connectivity index (χ1v) is 8.58. The van der Waals surface area contributed by atoms with Crippen LogP contribution in [0.2, 0.25) is 0 Å². The molecule has 0 spiro atoms. The van der Waals surface area contributed by atoms with Crippen LogP contribution in [0.3, 0.4) is 0 Å². The van der Waals surface area contributed by atoms with Crippen LogP contribution in [0.1, 0.15) is 12.5 Å². The van der Waals surface area contributed by atoms with Crippen molar-refractivity contribution in [1.82, 2.24) is 10.6 Å². The Kier molecular flexibility index (Phi) is 7.22. The Morgan fingerprint density at radius 2 is 2.08 bits per heavy atom. The summed E-state index contributed by atoms with van der Waals surface area (Å²) < 4.78 is 10.3. The SMILES string of the molecule is CC(NC(=O)OCc1ccc([N+](=O)[O-])cc1)C(=O)NC[C@H]1COC[C@H]1S. The molecule has 10 heteroatoms. The molecule has 1 aliphatic heterocycles. The van der Waals surface area contributed by atoms with E-state index in [1.165, 1.54) is 24.3 Å². The lowest BCUT2D eigenvalue weighted by atomic mass is 10.1. The molecule has 2 rings (SSSR count). The van der Waals surface area contributed by atoms with E-state index in [1.807, 2.05) is 0 Å². The Balaban J connectivity index is 1.70. The molecule has 3 atom stereocenters. The summed E-state index contributed by atoms with van der Waals surface area (Å²) in [5.74, 6) is -0.187. The average molecular weight is 383 g/mol. The van der Waals surface area contributed by atoms with Gasteiger partial charge in [-0.3, -0.25) is 14.9 Å². The summed E-state index contributed by atoms with van der Waals surface area (Å²) in [5, 5.41) is 15.9. The van der Waals surface area contributed by atoms with Crippen LogP contribution >= 0.6 is 12.6 Å². The minimum atomic E-state index is -0.764. The Morgan fingerprint density at radius 3 is 2.65 bits per heavy atom. The predicted octanol–water partition coefficient (Wildman–Crippen LogP) is 1.27. The summed E-state index contributed by atoms with van der Waals surface area (Å²) >= 11 is 4.37. The minimum Gasteiger partial charge on any atom is -0.445 e. The fourth-order valence-electron chi connectivity index (χ4n) is 2.31. The highest BCUT2D eigenvalue weighted by molar-refractivity contribution is 7.81. The van der Waals surface area contributed by atoms with E-state index in [9.17, 15) is 19.7 Å². The second-order valence-corrected chi connectivity index (χ2v) is 6.64. The number of carbonyl (C=O) groups is 2. The Morgan fingerprint density at radius 1 is 1.38 bits per heavy atom. The Hall–Kier alpha value is -2.33. The van der Waals surface area contributed by atoms with Gasteiger partial charge in [-0.15, -0.1) is 0 Å². The smallest absolute Gasteiger partial charge is 0.408 e. The highest BCUT2D eigenvalue weighted by atomic mass is 32.1. The van der Waals surface area contributed by atoms with E-state index in [4.69, 9.17) is 9.47 Å². The number of nitrogens with zero attached hydrogens (tertiary/aromatic N) is 1. The van der Waals surface area contributed by atoms with E-state index in [0.717, 1.165) is 0 Å². The standard InChI is InChI=1S/C16H21N3O6S/c1-10(15(20)17-6-12-8-24-9-14(12)26)18-16(21)25-7-11-2-4-13(5-3-11)19(22)23/h2-5,10,12,14,26H,6-9H2,1H3,(H,17,20)(H,18,21)/t10?,12-,14+/m0/s1. The van der Waals surface area contributed by atoms with Crippen LogP contribution in [0.15, 0.2) is 24.3 Å². The van der Waals surface area contributed by atoms with E-state index in [0.29, 0.717) is 25.3 Å². The van der Waals surface area contributed by atoms with Gasteiger partial charge in [0.25, 0.3) is 5.69 Å². The molecule has 1 heterocycles. The number of amides is 2. The lowest BCUT2D eigenvalue weighted by molar-refractivity contribution is -0.384. The van der Waals surface area contributed by atoms with Gasteiger partial charge in [0, 0.05) is 29.8 Å². The van der Waals surface area contributed by atoms with Crippen LogP contribution in [0, 0.1) is 16.0 Å². The number of benzene rings is 1. The maximum absolute atomic E-state index is 12.0. The van der Waals surface area contributed by atoms with Crippen LogP contribution in [0.25, 0.3) is 0 Å². The first kappa shape index (κ1) is 20.0.